The number of hydrogen-bond donors (Lipinski definition) is 0. The van der Waals surface area contributed by atoms with Crippen molar-refractivity contribution < 1.29 is 19.1 Å². The Morgan fingerprint density at radius 3 is 2.23 bits per heavy atom. The minimum atomic E-state index is -1.23. The number of rotatable bonds is 2. The molecule has 0 radical (unpaired) electrons. The van der Waals surface area contributed by atoms with Crippen molar-refractivity contribution in [3.63, 3.8) is 0 Å². The van der Waals surface area contributed by atoms with Crippen LogP contribution in [0.15, 0.2) is 12.2 Å². The van der Waals surface area contributed by atoms with Gasteiger partial charge in [0.2, 0.25) is 0 Å². The van der Waals surface area contributed by atoms with E-state index in [1.165, 1.54) is 26.2 Å². The molecule has 0 aromatic heterocycles. The molecule has 0 aliphatic heterocycles. The lowest BCUT2D eigenvalue weighted by molar-refractivity contribution is -0.148. The second-order valence-corrected chi connectivity index (χ2v) is 3.15. The molecule has 13 heavy (non-hydrogen) atoms. The first-order valence-corrected chi connectivity index (χ1v) is 3.84. The van der Waals surface area contributed by atoms with Crippen LogP contribution in [0.2, 0.25) is 0 Å². The number of carbonyl (C=O) groups excluding carboxylic acids is 3. The van der Waals surface area contributed by atoms with Crippen molar-refractivity contribution in [3.8, 4) is 0 Å². The molecule has 4 nitrogen and oxygen atoms in total. The molecule has 1 rings (SSSR count). The molecule has 0 N–H and O–H groups in total. The highest BCUT2D eigenvalue weighted by atomic mass is 16.5. The average Bonchev–Trinajstić information content (AvgIpc) is 2.33. The van der Waals surface area contributed by atoms with E-state index >= 15 is 0 Å². The van der Waals surface area contributed by atoms with Crippen LogP contribution in [-0.4, -0.2) is 24.6 Å². The molecule has 0 heterocycles. The zero-order valence-corrected chi connectivity index (χ0v) is 7.49. The zero-order valence-electron chi connectivity index (χ0n) is 7.49. The molecular weight excluding hydrogens is 172 g/mol. The van der Waals surface area contributed by atoms with E-state index in [2.05, 4.69) is 4.74 Å². The van der Waals surface area contributed by atoms with Crippen molar-refractivity contribution >= 4 is 17.5 Å². The summed E-state index contributed by atoms with van der Waals surface area (Å²) in [5.41, 5.74) is -1.23. The van der Waals surface area contributed by atoms with Crippen LogP contribution in [0.5, 0.6) is 0 Å². The van der Waals surface area contributed by atoms with Crippen LogP contribution in [0.25, 0.3) is 0 Å². The van der Waals surface area contributed by atoms with Gasteiger partial charge in [-0.2, -0.15) is 0 Å². The maximum absolute atomic E-state index is 11.2. The molecule has 0 amide bonds. The number of allylic oxidation sites excluding steroid dienone is 2. The summed E-state index contributed by atoms with van der Waals surface area (Å²) in [5, 5.41) is 0. The first-order valence-electron chi connectivity index (χ1n) is 3.84. The van der Waals surface area contributed by atoms with Gasteiger partial charge >= 0.3 is 5.97 Å². The highest BCUT2D eigenvalue weighted by molar-refractivity contribution is 6.23. The summed E-state index contributed by atoms with van der Waals surface area (Å²) >= 11 is 0. The molecule has 0 atom stereocenters. The Labute approximate surface area is 75.6 Å². The standard InChI is InChI=1S/C9H10O4/c1-9(5-8(12)13-2)6(10)3-4-7(9)11/h3-4H,5H2,1-2H3. The van der Waals surface area contributed by atoms with Crippen molar-refractivity contribution in [1.82, 2.24) is 0 Å². The Kier molecular flexibility index (Phi) is 2.32. The van der Waals surface area contributed by atoms with E-state index in [9.17, 15) is 14.4 Å². The van der Waals surface area contributed by atoms with Crippen LogP contribution in [-0.2, 0) is 19.1 Å². The second kappa shape index (κ2) is 3.12. The number of ether oxygens (including phenoxy) is 1. The Morgan fingerprint density at radius 1 is 1.38 bits per heavy atom. The molecule has 0 unspecified atom stereocenters. The third-order valence-corrected chi connectivity index (χ3v) is 2.20. The van der Waals surface area contributed by atoms with Gasteiger partial charge in [0.15, 0.2) is 11.6 Å². The molecule has 1 aliphatic carbocycles. The maximum atomic E-state index is 11.2. The molecular formula is C9H10O4. The SMILES string of the molecule is COC(=O)CC1(C)C(=O)C=CC1=O. The lowest BCUT2D eigenvalue weighted by atomic mass is 9.82. The largest absolute Gasteiger partial charge is 0.469 e. The number of carbonyl (C=O) groups is 3. The molecule has 0 bridgehead atoms. The highest BCUT2D eigenvalue weighted by Gasteiger charge is 2.43. The Morgan fingerprint density at radius 2 is 1.85 bits per heavy atom. The first-order chi connectivity index (χ1) is 6.00. The normalized spacial score (nSPS) is 19.2. The van der Waals surface area contributed by atoms with Gasteiger partial charge in [-0.25, -0.2) is 0 Å². The van der Waals surface area contributed by atoms with E-state index in [4.69, 9.17) is 0 Å². The van der Waals surface area contributed by atoms with Crippen LogP contribution < -0.4 is 0 Å². The Balaban J connectivity index is 2.83. The van der Waals surface area contributed by atoms with E-state index in [0.29, 0.717) is 0 Å². The Bertz CT molecular complexity index is 283. The van der Waals surface area contributed by atoms with E-state index in [-0.39, 0.29) is 18.0 Å². The zero-order chi connectivity index (χ0) is 10.1. The van der Waals surface area contributed by atoms with Crippen LogP contribution in [0.1, 0.15) is 13.3 Å². The van der Waals surface area contributed by atoms with Crippen LogP contribution in [0, 0.1) is 5.41 Å². The first kappa shape index (κ1) is 9.64. The van der Waals surface area contributed by atoms with E-state index in [0.717, 1.165) is 0 Å². The summed E-state index contributed by atoms with van der Waals surface area (Å²) in [6.07, 6.45) is 2.21. The van der Waals surface area contributed by atoms with Gasteiger partial charge in [0.25, 0.3) is 0 Å². The van der Waals surface area contributed by atoms with Gasteiger partial charge in [0.1, 0.15) is 5.41 Å². The van der Waals surface area contributed by atoms with Gasteiger partial charge in [-0.1, -0.05) is 0 Å². The number of methoxy groups -OCH3 is 1. The predicted molar refractivity (Wildman–Crippen MR) is 43.9 cm³/mol. The molecule has 0 saturated heterocycles. The number of hydrogen-bond acceptors (Lipinski definition) is 4. The average molecular weight is 182 g/mol. The maximum Gasteiger partial charge on any atom is 0.306 e. The molecule has 0 aromatic carbocycles. The van der Waals surface area contributed by atoms with Gasteiger partial charge < -0.3 is 4.74 Å². The van der Waals surface area contributed by atoms with Crippen molar-refractivity contribution in [1.29, 1.82) is 0 Å². The van der Waals surface area contributed by atoms with Gasteiger partial charge in [0, 0.05) is 0 Å². The summed E-state index contributed by atoms with van der Waals surface area (Å²) < 4.78 is 4.40. The fourth-order valence-electron chi connectivity index (χ4n) is 1.18. The van der Waals surface area contributed by atoms with Crippen LogP contribution in [0.4, 0.5) is 0 Å². The predicted octanol–water partition coefficient (Wildman–Crippen LogP) is 0.264. The van der Waals surface area contributed by atoms with Crippen molar-refractivity contribution in [2.75, 3.05) is 7.11 Å². The van der Waals surface area contributed by atoms with Gasteiger partial charge in [-0.15, -0.1) is 0 Å². The summed E-state index contributed by atoms with van der Waals surface area (Å²) in [4.78, 5) is 33.4. The summed E-state index contributed by atoms with van der Waals surface area (Å²) in [7, 11) is 1.23. The lowest BCUT2D eigenvalue weighted by Crippen LogP contribution is -2.33. The van der Waals surface area contributed by atoms with Crippen molar-refractivity contribution in [2.45, 2.75) is 13.3 Å². The highest BCUT2D eigenvalue weighted by Crippen LogP contribution is 2.30. The molecule has 0 fully saturated rings. The van der Waals surface area contributed by atoms with Gasteiger partial charge in [-0.3, -0.25) is 14.4 Å². The molecule has 0 spiro atoms. The van der Waals surface area contributed by atoms with Gasteiger partial charge in [0.05, 0.1) is 13.5 Å². The summed E-state index contributed by atoms with van der Waals surface area (Å²) in [5.74, 6) is -1.21. The number of esters is 1. The molecule has 1 aliphatic rings. The minimum Gasteiger partial charge on any atom is -0.469 e. The fourth-order valence-corrected chi connectivity index (χ4v) is 1.18. The summed E-state index contributed by atoms with van der Waals surface area (Å²) in [6.45, 7) is 1.45. The molecule has 70 valence electrons. The summed E-state index contributed by atoms with van der Waals surface area (Å²) in [6, 6.07) is 0. The number of ketones is 2. The quantitative estimate of drug-likeness (QED) is 0.454. The Hall–Kier alpha value is -1.45. The second-order valence-electron chi connectivity index (χ2n) is 3.15. The van der Waals surface area contributed by atoms with Crippen molar-refractivity contribution in [2.24, 2.45) is 5.41 Å². The lowest BCUT2D eigenvalue weighted by Gasteiger charge is -2.17. The van der Waals surface area contributed by atoms with E-state index < -0.39 is 11.4 Å². The molecule has 4 heteroatoms. The van der Waals surface area contributed by atoms with E-state index in [1.807, 2.05) is 0 Å². The molecule has 0 saturated carbocycles. The van der Waals surface area contributed by atoms with Gasteiger partial charge in [-0.05, 0) is 19.1 Å². The van der Waals surface area contributed by atoms with E-state index in [1.54, 1.807) is 0 Å². The smallest absolute Gasteiger partial charge is 0.306 e. The topological polar surface area (TPSA) is 60.4 Å². The van der Waals surface area contributed by atoms with Crippen LogP contribution in [0.3, 0.4) is 0 Å². The molecule has 0 aromatic rings. The van der Waals surface area contributed by atoms with Crippen LogP contribution >= 0.6 is 0 Å². The monoisotopic (exact) mass is 182 g/mol. The third kappa shape index (κ3) is 1.52. The fraction of sp³-hybridized carbons (Fsp3) is 0.444. The third-order valence-electron chi connectivity index (χ3n) is 2.20. The minimum absolute atomic E-state index is 0.186. The van der Waals surface area contributed by atoms with Crippen molar-refractivity contribution in [3.05, 3.63) is 12.2 Å².